The fraction of sp³-hybridized carbons (Fsp3) is 0. The quantitative estimate of drug-likeness (QED) is 0.415. The Morgan fingerprint density at radius 1 is 0.583 bits per heavy atom. The van der Waals surface area contributed by atoms with Gasteiger partial charge in [-0.2, -0.15) is 0 Å². The van der Waals surface area contributed by atoms with Gasteiger partial charge in [0.25, 0.3) is 0 Å². The van der Waals surface area contributed by atoms with E-state index in [4.69, 9.17) is 8.83 Å². The van der Waals surface area contributed by atoms with Crippen LogP contribution in [-0.2, 0) is 0 Å². The molecular weight excluding hydrogens is 300 g/mol. The van der Waals surface area contributed by atoms with Crippen LogP contribution in [0.3, 0.4) is 0 Å². The number of hydrogen-bond donors (Lipinski definition) is 0. The van der Waals surface area contributed by atoms with Gasteiger partial charge in [-0.15, -0.1) is 10.2 Å². The number of fused-ring (bicyclic) bond motifs is 2. The molecule has 0 saturated carbocycles. The van der Waals surface area contributed by atoms with E-state index < -0.39 is 0 Å². The zero-order valence-corrected chi connectivity index (χ0v) is 12.6. The fourth-order valence-corrected chi connectivity index (χ4v) is 3.03. The molecule has 0 N–H and O–H groups in total. The van der Waals surface area contributed by atoms with Gasteiger partial charge < -0.3 is 8.83 Å². The lowest BCUT2D eigenvalue weighted by Crippen LogP contribution is -1.94. The van der Waals surface area contributed by atoms with E-state index in [1.54, 1.807) is 12.5 Å². The molecule has 0 spiro atoms. The second kappa shape index (κ2) is 5.06. The molecule has 0 bridgehead atoms. The first kappa shape index (κ1) is 13.1. The van der Waals surface area contributed by atoms with Crippen molar-refractivity contribution in [1.29, 1.82) is 0 Å². The largest absolute Gasteiger partial charge is 0.463 e. The smallest absolute Gasteiger partial charge is 0.154 e. The van der Waals surface area contributed by atoms with Crippen molar-refractivity contribution in [2.75, 3.05) is 0 Å². The van der Waals surface area contributed by atoms with Crippen LogP contribution < -0.4 is 0 Å². The van der Waals surface area contributed by atoms with Gasteiger partial charge in [-0.25, -0.2) is 0 Å². The van der Waals surface area contributed by atoms with Crippen LogP contribution in [0, 0.1) is 0 Å². The molecule has 0 fully saturated rings. The summed E-state index contributed by atoms with van der Waals surface area (Å²) in [5, 5.41) is 13.1. The SMILES string of the molecule is c1coc(-c2nnc(-c3ccco3)c3cc4ccccc4cc23)c1. The molecule has 0 saturated heterocycles. The van der Waals surface area contributed by atoms with Crippen molar-refractivity contribution in [2.24, 2.45) is 0 Å². The Morgan fingerprint density at radius 3 is 1.50 bits per heavy atom. The molecule has 5 aromatic rings. The third-order valence-corrected chi connectivity index (χ3v) is 4.16. The van der Waals surface area contributed by atoms with Crippen LogP contribution in [0.4, 0.5) is 0 Å². The lowest BCUT2D eigenvalue weighted by molar-refractivity contribution is 0.576. The topological polar surface area (TPSA) is 52.1 Å². The average Bonchev–Trinajstić information content (AvgIpc) is 3.32. The fourth-order valence-electron chi connectivity index (χ4n) is 3.03. The lowest BCUT2D eigenvalue weighted by Gasteiger charge is -2.08. The summed E-state index contributed by atoms with van der Waals surface area (Å²) in [5.41, 5.74) is 1.46. The van der Waals surface area contributed by atoms with E-state index in [2.05, 4.69) is 34.5 Å². The molecule has 2 aromatic carbocycles. The third-order valence-electron chi connectivity index (χ3n) is 4.16. The van der Waals surface area contributed by atoms with Gasteiger partial charge in [-0.3, -0.25) is 0 Å². The highest BCUT2D eigenvalue weighted by Crippen LogP contribution is 2.35. The summed E-state index contributed by atoms with van der Waals surface area (Å²) in [7, 11) is 0. The van der Waals surface area contributed by atoms with Gasteiger partial charge in [0.2, 0.25) is 0 Å². The molecule has 3 aromatic heterocycles. The Morgan fingerprint density at radius 2 is 1.08 bits per heavy atom. The molecule has 4 heteroatoms. The molecular formula is C20H12N2O2. The van der Waals surface area contributed by atoms with Gasteiger partial charge in [0, 0.05) is 10.8 Å². The molecule has 5 rings (SSSR count). The number of aromatic nitrogens is 2. The van der Waals surface area contributed by atoms with Gasteiger partial charge >= 0.3 is 0 Å². The zero-order chi connectivity index (χ0) is 15.9. The van der Waals surface area contributed by atoms with Gasteiger partial charge in [0.1, 0.15) is 11.4 Å². The Kier molecular flexibility index (Phi) is 2.76. The molecule has 114 valence electrons. The van der Waals surface area contributed by atoms with Crippen molar-refractivity contribution in [1.82, 2.24) is 10.2 Å². The molecule has 4 nitrogen and oxygen atoms in total. The highest BCUT2D eigenvalue weighted by Gasteiger charge is 2.16. The summed E-state index contributed by atoms with van der Waals surface area (Å²) in [6.45, 7) is 0. The maximum atomic E-state index is 5.54. The summed E-state index contributed by atoms with van der Waals surface area (Å²) >= 11 is 0. The van der Waals surface area contributed by atoms with Crippen molar-refractivity contribution in [3.63, 3.8) is 0 Å². The minimum absolute atomic E-state index is 0.703. The minimum atomic E-state index is 0.703. The molecule has 0 amide bonds. The van der Waals surface area contributed by atoms with Crippen LogP contribution in [0.2, 0.25) is 0 Å². The van der Waals surface area contributed by atoms with E-state index in [1.807, 2.05) is 36.4 Å². The van der Waals surface area contributed by atoms with E-state index in [0.717, 1.165) is 32.9 Å². The number of furan rings is 2. The number of hydrogen-bond acceptors (Lipinski definition) is 4. The summed E-state index contributed by atoms with van der Waals surface area (Å²) in [5.74, 6) is 1.41. The van der Waals surface area contributed by atoms with Crippen LogP contribution in [0.25, 0.3) is 44.5 Å². The normalized spacial score (nSPS) is 11.3. The highest BCUT2D eigenvalue weighted by molar-refractivity contribution is 6.07. The molecule has 3 heterocycles. The second-order valence-electron chi connectivity index (χ2n) is 5.60. The monoisotopic (exact) mass is 312 g/mol. The maximum absolute atomic E-state index is 5.54. The molecule has 24 heavy (non-hydrogen) atoms. The predicted octanol–water partition coefficient (Wildman–Crippen LogP) is 5.30. The lowest BCUT2D eigenvalue weighted by atomic mass is 10.0. The molecule has 0 radical (unpaired) electrons. The summed E-state index contributed by atoms with van der Waals surface area (Å²) in [4.78, 5) is 0. The standard InChI is InChI=1S/C20H12N2O2/c1-2-6-14-12-16-15(11-13(14)5-1)19(17-7-3-9-23-17)21-22-20(16)18-8-4-10-24-18/h1-12H. The highest BCUT2D eigenvalue weighted by atomic mass is 16.3. The van der Waals surface area contributed by atoms with Crippen LogP contribution in [0.5, 0.6) is 0 Å². The zero-order valence-electron chi connectivity index (χ0n) is 12.6. The minimum Gasteiger partial charge on any atom is -0.463 e. The molecule has 0 unspecified atom stereocenters. The van der Waals surface area contributed by atoms with Crippen molar-refractivity contribution < 1.29 is 8.83 Å². The van der Waals surface area contributed by atoms with Crippen LogP contribution in [-0.4, -0.2) is 10.2 Å². The Bertz CT molecular complexity index is 1050. The van der Waals surface area contributed by atoms with E-state index in [-0.39, 0.29) is 0 Å². The third kappa shape index (κ3) is 1.93. The summed E-state index contributed by atoms with van der Waals surface area (Å²) in [6.07, 6.45) is 3.29. The van der Waals surface area contributed by atoms with Crippen LogP contribution in [0.1, 0.15) is 0 Å². The molecule has 0 aliphatic carbocycles. The first-order chi connectivity index (χ1) is 11.9. The summed E-state index contributed by atoms with van der Waals surface area (Å²) in [6, 6.07) is 20.0. The van der Waals surface area contributed by atoms with E-state index in [9.17, 15) is 0 Å². The number of nitrogens with zero attached hydrogens (tertiary/aromatic N) is 2. The molecule has 0 aliphatic heterocycles. The van der Waals surface area contributed by atoms with Crippen molar-refractivity contribution in [3.05, 3.63) is 73.2 Å². The molecule has 0 atom stereocenters. The van der Waals surface area contributed by atoms with Crippen LogP contribution >= 0.6 is 0 Å². The first-order valence-corrected chi connectivity index (χ1v) is 7.67. The second-order valence-corrected chi connectivity index (χ2v) is 5.60. The Balaban J connectivity index is 1.93. The van der Waals surface area contributed by atoms with Gasteiger partial charge in [0.15, 0.2) is 11.5 Å². The van der Waals surface area contributed by atoms with E-state index in [1.165, 1.54) is 0 Å². The molecule has 0 aliphatic rings. The van der Waals surface area contributed by atoms with Crippen molar-refractivity contribution >= 4 is 21.5 Å². The van der Waals surface area contributed by atoms with Crippen molar-refractivity contribution in [2.45, 2.75) is 0 Å². The number of benzene rings is 2. The van der Waals surface area contributed by atoms with Gasteiger partial charge in [-0.05, 0) is 47.2 Å². The summed E-state index contributed by atoms with van der Waals surface area (Å²) < 4.78 is 11.1. The maximum Gasteiger partial charge on any atom is 0.154 e. The Labute approximate surface area is 137 Å². The van der Waals surface area contributed by atoms with E-state index >= 15 is 0 Å². The van der Waals surface area contributed by atoms with Crippen LogP contribution in [0.15, 0.2) is 82.0 Å². The van der Waals surface area contributed by atoms with E-state index in [0.29, 0.717) is 11.5 Å². The van der Waals surface area contributed by atoms with Crippen molar-refractivity contribution in [3.8, 4) is 22.9 Å². The first-order valence-electron chi connectivity index (χ1n) is 7.67. The average molecular weight is 312 g/mol. The number of rotatable bonds is 2. The predicted molar refractivity (Wildman–Crippen MR) is 92.4 cm³/mol. The van der Waals surface area contributed by atoms with Gasteiger partial charge in [0.05, 0.1) is 12.5 Å². The van der Waals surface area contributed by atoms with Gasteiger partial charge in [-0.1, -0.05) is 24.3 Å². The Hall–Kier alpha value is -3.40.